The number of hydrogen-bond donors (Lipinski definition) is 0. The number of carbonyl (C=O) groups is 1. The zero-order chi connectivity index (χ0) is 19.9. The molecule has 0 fully saturated rings. The second-order valence-corrected chi connectivity index (χ2v) is 6.96. The average Bonchev–Trinajstić information content (AvgIpc) is 3.20. The topological polar surface area (TPSA) is 38.8 Å². The van der Waals surface area contributed by atoms with Crippen LogP contribution in [0.5, 0.6) is 11.5 Å². The van der Waals surface area contributed by atoms with Crippen molar-refractivity contribution in [3.05, 3.63) is 82.0 Å². The van der Waals surface area contributed by atoms with Crippen LogP contribution < -0.4 is 9.47 Å². The summed E-state index contributed by atoms with van der Waals surface area (Å²) in [6, 6.07) is 17.3. The maximum Gasteiger partial charge on any atom is 0.387 e. The highest BCUT2D eigenvalue weighted by Crippen LogP contribution is 2.26. The smallest absolute Gasteiger partial charge is 0.387 e. The van der Waals surface area contributed by atoms with Crippen molar-refractivity contribution in [3.8, 4) is 11.5 Å². The van der Waals surface area contributed by atoms with Crippen molar-refractivity contribution in [2.75, 3.05) is 7.11 Å². The van der Waals surface area contributed by atoms with Gasteiger partial charge in [0.05, 0.1) is 25.8 Å². The molecule has 0 aliphatic carbocycles. The first-order valence-corrected chi connectivity index (χ1v) is 9.44. The second-order valence-electron chi connectivity index (χ2n) is 5.93. The summed E-state index contributed by atoms with van der Waals surface area (Å²) in [5.41, 5.74) is 0.913. The predicted octanol–water partition coefficient (Wildman–Crippen LogP) is 5.20. The molecule has 1 aromatic heterocycles. The molecule has 146 valence electrons. The Morgan fingerprint density at radius 2 is 1.71 bits per heavy atom. The van der Waals surface area contributed by atoms with Crippen molar-refractivity contribution >= 4 is 17.2 Å². The molecule has 7 heteroatoms. The molecule has 4 nitrogen and oxygen atoms in total. The van der Waals surface area contributed by atoms with Gasteiger partial charge in [-0.15, -0.1) is 11.3 Å². The summed E-state index contributed by atoms with van der Waals surface area (Å²) in [7, 11) is 1.57. The fraction of sp³-hybridized carbons (Fsp3) is 0.190. The van der Waals surface area contributed by atoms with Crippen molar-refractivity contribution in [2.45, 2.75) is 19.7 Å². The summed E-state index contributed by atoms with van der Waals surface area (Å²) >= 11 is 1.52. The fourth-order valence-corrected chi connectivity index (χ4v) is 3.56. The van der Waals surface area contributed by atoms with Crippen LogP contribution in [-0.4, -0.2) is 24.5 Å². The lowest BCUT2D eigenvalue weighted by molar-refractivity contribution is -0.0503. The SMILES string of the molecule is COc1ccccc1CN(Cc1cccs1)C(=O)c1ccccc1OC(F)F. The van der Waals surface area contributed by atoms with E-state index in [2.05, 4.69) is 4.74 Å². The molecule has 3 rings (SSSR count). The number of halogens is 2. The van der Waals surface area contributed by atoms with E-state index in [1.165, 1.54) is 23.5 Å². The number of hydrogen-bond acceptors (Lipinski definition) is 4. The predicted molar refractivity (Wildman–Crippen MR) is 104 cm³/mol. The Bertz CT molecular complexity index is 916. The molecule has 0 aliphatic heterocycles. The Morgan fingerprint density at radius 3 is 2.39 bits per heavy atom. The van der Waals surface area contributed by atoms with Gasteiger partial charge in [-0.2, -0.15) is 8.78 Å². The molecule has 28 heavy (non-hydrogen) atoms. The van der Waals surface area contributed by atoms with Crippen LogP contribution in [-0.2, 0) is 13.1 Å². The monoisotopic (exact) mass is 403 g/mol. The van der Waals surface area contributed by atoms with Crippen LogP contribution in [0.25, 0.3) is 0 Å². The van der Waals surface area contributed by atoms with Gasteiger partial charge in [0, 0.05) is 10.4 Å². The molecule has 0 spiro atoms. The molecule has 0 radical (unpaired) electrons. The number of alkyl halides is 2. The first kappa shape index (κ1) is 19.8. The summed E-state index contributed by atoms with van der Waals surface area (Å²) in [5.74, 6) is 0.123. The van der Waals surface area contributed by atoms with Crippen LogP contribution in [0.2, 0.25) is 0 Å². The first-order chi connectivity index (χ1) is 13.6. The molecule has 0 N–H and O–H groups in total. The third-order valence-electron chi connectivity index (χ3n) is 4.10. The maximum absolute atomic E-state index is 13.2. The van der Waals surface area contributed by atoms with Crippen molar-refractivity contribution in [1.29, 1.82) is 0 Å². The number of ether oxygens (including phenoxy) is 2. The molecule has 1 amide bonds. The lowest BCUT2D eigenvalue weighted by Crippen LogP contribution is -2.30. The number of amides is 1. The van der Waals surface area contributed by atoms with Gasteiger partial charge in [0.1, 0.15) is 11.5 Å². The van der Waals surface area contributed by atoms with Crippen LogP contribution >= 0.6 is 11.3 Å². The molecule has 0 saturated carbocycles. The molecular weight excluding hydrogens is 384 g/mol. The minimum atomic E-state index is -3.01. The van der Waals surface area contributed by atoms with Crippen LogP contribution in [0.1, 0.15) is 20.8 Å². The standard InChI is InChI=1S/C21H19F2NO3S/c1-26-18-10-4-2-7-15(18)13-24(14-16-8-6-12-28-16)20(25)17-9-3-5-11-19(17)27-21(22)23/h2-12,21H,13-14H2,1H3. The maximum atomic E-state index is 13.2. The minimum absolute atomic E-state index is 0.0919. The van der Waals surface area contributed by atoms with E-state index in [-0.39, 0.29) is 17.9 Å². The molecule has 0 atom stereocenters. The van der Waals surface area contributed by atoms with Crippen LogP contribution in [0.4, 0.5) is 8.78 Å². The van der Waals surface area contributed by atoms with E-state index in [9.17, 15) is 13.6 Å². The molecule has 0 unspecified atom stereocenters. The van der Waals surface area contributed by atoms with E-state index < -0.39 is 12.5 Å². The van der Waals surface area contributed by atoms with Gasteiger partial charge in [0.25, 0.3) is 5.91 Å². The van der Waals surface area contributed by atoms with Crippen LogP contribution in [0, 0.1) is 0 Å². The summed E-state index contributed by atoms with van der Waals surface area (Å²) < 4.78 is 35.4. The van der Waals surface area contributed by atoms with Crippen molar-refractivity contribution in [3.63, 3.8) is 0 Å². The zero-order valence-corrected chi connectivity index (χ0v) is 16.0. The molecule has 3 aromatic rings. The third kappa shape index (κ3) is 4.86. The van der Waals surface area contributed by atoms with Gasteiger partial charge in [-0.3, -0.25) is 4.79 Å². The number of benzene rings is 2. The normalized spacial score (nSPS) is 10.7. The van der Waals surface area contributed by atoms with Crippen molar-refractivity contribution in [2.24, 2.45) is 0 Å². The zero-order valence-electron chi connectivity index (χ0n) is 15.2. The Hall–Kier alpha value is -2.93. The highest BCUT2D eigenvalue weighted by atomic mass is 32.1. The van der Waals surface area contributed by atoms with E-state index in [1.807, 2.05) is 41.8 Å². The van der Waals surface area contributed by atoms with E-state index in [1.54, 1.807) is 24.1 Å². The summed E-state index contributed by atoms with van der Waals surface area (Å²) in [4.78, 5) is 15.8. The Labute approximate surface area is 165 Å². The van der Waals surface area contributed by atoms with Gasteiger partial charge in [-0.25, -0.2) is 0 Å². The highest BCUT2D eigenvalue weighted by molar-refractivity contribution is 7.09. The number of nitrogens with zero attached hydrogens (tertiary/aromatic N) is 1. The van der Waals surface area contributed by atoms with Gasteiger partial charge < -0.3 is 14.4 Å². The van der Waals surface area contributed by atoms with Gasteiger partial charge in [-0.1, -0.05) is 36.4 Å². The Balaban J connectivity index is 1.93. The number of methoxy groups -OCH3 is 1. The van der Waals surface area contributed by atoms with Gasteiger partial charge in [0.15, 0.2) is 0 Å². The van der Waals surface area contributed by atoms with E-state index in [4.69, 9.17) is 4.74 Å². The Kier molecular flexibility index (Phi) is 6.60. The lowest BCUT2D eigenvalue weighted by atomic mass is 10.1. The highest BCUT2D eigenvalue weighted by Gasteiger charge is 2.23. The lowest BCUT2D eigenvalue weighted by Gasteiger charge is -2.24. The van der Waals surface area contributed by atoms with Crippen LogP contribution in [0.3, 0.4) is 0 Å². The molecular formula is C21H19F2NO3S. The molecule has 0 bridgehead atoms. The molecule has 1 heterocycles. The number of thiophene rings is 1. The molecule has 2 aromatic carbocycles. The van der Waals surface area contributed by atoms with E-state index in [0.717, 1.165) is 10.4 Å². The first-order valence-electron chi connectivity index (χ1n) is 8.56. The number of para-hydroxylation sites is 2. The van der Waals surface area contributed by atoms with Crippen molar-refractivity contribution in [1.82, 2.24) is 4.90 Å². The third-order valence-corrected chi connectivity index (χ3v) is 4.96. The molecule has 0 aliphatic rings. The van der Waals surface area contributed by atoms with Gasteiger partial charge in [0.2, 0.25) is 0 Å². The number of carbonyl (C=O) groups excluding carboxylic acids is 1. The quantitative estimate of drug-likeness (QED) is 0.519. The second kappa shape index (κ2) is 9.32. The number of rotatable bonds is 8. The Morgan fingerprint density at radius 1 is 1.00 bits per heavy atom. The van der Waals surface area contributed by atoms with E-state index in [0.29, 0.717) is 12.3 Å². The average molecular weight is 403 g/mol. The van der Waals surface area contributed by atoms with Gasteiger partial charge >= 0.3 is 6.61 Å². The molecule has 0 saturated heterocycles. The van der Waals surface area contributed by atoms with Crippen molar-refractivity contribution < 1.29 is 23.0 Å². The van der Waals surface area contributed by atoms with E-state index >= 15 is 0 Å². The summed E-state index contributed by atoms with van der Waals surface area (Å²) in [6.45, 7) is -2.39. The minimum Gasteiger partial charge on any atom is -0.496 e. The van der Waals surface area contributed by atoms with Crippen LogP contribution in [0.15, 0.2) is 66.0 Å². The summed E-state index contributed by atoms with van der Waals surface area (Å²) in [5, 5.41) is 1.93. The largest absolute Gasteiger partial charge is 0.496 e. The fourth-order valence-electron chi connectivity index (χ4n) is 2.84. The van der Waals surface area contributed by atoms with Gasteiger partial charge in [-0.05, 0) is 29.6 Å². The summed E-state index contributed by atoms with van der Waals surface area (Å²) in [6.07, 6.45) is 0.